The van der Waals surface area contributed by atoms with E-state index in [1.54, 1.807) is 50.6 Å². The fourth-order valence-electron chi connectivity index (χ4n) is 2.40. The number of benzene rings is 2. The van der Waals surface area contributed by atoms with Gasteiger partial charge in [0, 0.05) is 24.2 Å². The molecule has 0 bridgehead atoms. The molecule has 7 heteroatoms. The molecule has 26 heavy (non-hydrogen) atoms. The summed E-state index contributed by atoms with van der Waals surface area (Å²) in [6, 6.07) is 12.2. The number of nitrogens with zero attached hydrogens (tertiary/aromatic N) is 1. The van der Waals surface area contributed by atoms with Gasteiger partial charge in [-0.15, -0.1) is 0 Å². The molecule has 6 nitrogen and oxygen atoms in total. The third-order valence-electron chi connectivity index (χ3n) is 3.76. The quantitative estimate of drug-likeness (QED) is 0.806. The summed E-state index contributed by atoms with van der Waals surface area (Å²) in [5.41, 5.74) is 1.47. The van der Waals surface area contributed by atoms with Crippen molar-refractivity contribution in [3.63, 3.8) is 0 Å². The van der Waals surface area contributed by atoms with Crippen molar-refractivity contribution in [2.24, 2.45) is 0 Å². The van der Waals surface area contributed by atoms with Crippen LogP contribution in [0.3, 0.4) is 0 Å². The lowest BCUT2D eigenvalue weighted by Crippen LogP contribution is -2.39. The zero-order valence-corrected chi connectivity index (χ0v) is 15.7. The zero-order chi connectivity index (χ0) is 19.1. The molecular weight excluding hydrogens is 356 g/mol. The molecule has 0 saturated heterocycles. The molecule has 0 aromatic heterocycles. The Morgan fingerprint density at radius 3 is 2.27 bits per heavy atom. The van der Waals surface area contributed by atoms with Crippen LogP contribution in [-0.4, -0.2) is 32.6 Å². The summed E-state index contributed by atoms with van der Waals surface area (Å²) in [5, 5.41) is 3.36. The van der Waals surface area contributed by atoms with E-state index >= 15 is 0 Å². The average molecular weight is 377 g/mol. The van der Waals surface area contributed by atoms with E-state index in [0.29, 0.717) is 28.8 Å². The van der Waals surface area contributed by atoms with Gasteiger partial charge in [-0.2, -0.15) is 0 Å². The van der Waals surface area contributed by atoms with Crippen LogP contribution in [0.15, 0.2) is 42.5 Å². The van der Waals surface area contributed by atoms with Gasteiger partial charge in [0.1, 0.15) is 6.54 Å². The topological polar surface area (TPSA) is 67.9 Å². The van der Waals surface area contributed by atoms with Gasteiger partial charge in [-0.25, -0.2) is 0 Å². The lowest BCUT2D eigenvalue weighted by molar-refractivity contribution is -0.123. The smallest absolute Gasteiger partial charge is 0.240 e. The molecule has 138 valence electrons. The number of amides is 2. The highest BCUT2D eigenvalue weighted by atomic mass is 35.5. The molecule has 1 N–H and O–H groups in total. The Kier molecular flexibility index (Phi) is 6.86. The number of hydrogen-bond acceptors (Lipinski definition) is 4. The van der Waals surface area contributed by atoms with E-state index in [1.807, 2.05) is 6.07 Å². The number of methoxy groups -OCH3 is 2. The van der Waals surface area contributed by atoms with Crippen molar-refractivity contribution in [2.75, 3.05) is 25.7 Å². The van der Waals surface area contributed by atoms with Gasteiger partial charge in [0.2, 0.25) is 11.8 Å². The molecule has 0 aliphatic rings. The first-order valence-electron chi connectivity index (χ1n) is 7.96. The van der Waals surface area contributed by atoms with Gasteiger partial charge >= 0.3 is 0 Å². The molecule has 0 fully saturated rings. The van der Waals surface area contributed by atoms with Crippen molar-refractivity contribution in [3.8, 4) is 11.5 Å². The first-order valence-corrected chi connectivity index (χ1v) is 8.33. The SMILES string of the molecule is COc1ccc(CNC(=O)CN(C(C)=O)c2ccc(Cl)cc2)cc1OC. The minimum Gasteiger partial charge on any atom is -0.493 e. The zero-order valence-electron chi connectivity index (χ0n) is 14.9. The van der Waals surface area contributed by atoms with Crippen molar-refractivity contribution in [3.05, 3.63) is 53.1 Å². The fourth-order valence-corrected chi connectivity index (χ4v) is 2.52. The second-order valence-electron chi connectivity index (χ2n) is 5.55. The van der Waals surface area contributed by atoms with Gasteiger partial charge in [0.05, 0.1) is 14.2 Å². The van der Waals surface area contributed by atoms with Crippen molar-refractivity contribution in [1.29, 1.82) is 0 Å². The van der Waals surface area contributed by atoms with Gasteiger partial charge < -0.3 is 19.7 Å². The maximum absolute atomic E-state index is 12.3. The van der Waals surface area contributed by atoms with Crippen LogP contribution < -0.4 is 19.7 Å². The van der Waals surface area contributed by atoms with Crippen LogP contribution >= 0.6 is 11.6 Å². The highest BCUT2D eigenvalue weighted by Crippen LogP contribution is 2.27. The summed E-state index contributed by atoms with van der Waals surface area (Å²) < 4.78 is 10.4. The van der Waals surface area contributed by atoms with Crippen LogP contribution in [0.25, 0.3) is 0 Å². The number of carbonyl (C=O) groups excluding carboxylic acids is 2. The van der Waals surface area contributed by atoms with Crippen molar-refractivity contribution < 1.29 is 19.1 Å². The van der Waals surface area contributed by atoms with E-state index in [0.717, 1.165) is 5.56 Å². The van der Waals surface area contributed by atoms with Crippen LogP contribution in [0.4, 0.5) is 5.69 Å². The van der Waals surface area contributed by atoms with Crippen LogP contribution in [0.1, 0.15) is 12.5 Å². The van der Waals surface area contributed by atoms with Crippen LogP contribution in [0, 0.1) is 0 Å². The monoisotopic (exact) mass is 376 g/mol. The Labute approximate surface area is 157 Å². The van der Waals surface area contributed by atoms with E-state index in [4.69, 9.17) is 21.1 Å². The Hall–Kier alpha value is -2.73. The Morgan fingerprint density at radius 1 is 1.04 bits per heavy atom. The molecule has 0 atom stereocenters. The lowest BCUT2D eigenvalue weighted by Gasteiger charge is -2.20. The van der Waals surface area contributed by atoms with Gasteiger partial charge in [0.15, 0.2) is 11.5 Å². The van der Waals surface area contributed by atoms with Crippen LogP contribution in [0.5, 0.6) is 11.5 Å². The minimum absolute atomic E-state index is 0.0791. The van der Waals surface area contributed by atoms with E-state index < -0.39 is 0 Å². The molecule has 2 aromatic carbocycles. The summed E-state index contributed by atoms with van der Waals surface area (Å²) in [7, 11) is 3.11. The maximum Gasteiger partial charge on any atom is 0.240 e. The van der Waals surface area contributed by atoms with E-state index in [2.05, 4.69) is 5.32 Å². The lowest BCUT2D eigenvalue weighted by atomic mass is 10.2. The normalized spacial score (nSPS) is 10.2. The largest absolute Gasteiger partial charge is 0.493 e. The second kappa shape index (κ2) is 9.10. The Balaban J connectivity index is 2.00. The molecule has 0 aliphatic carbocycles. The number of hydrogen-bond donors (Lipinski definition) is 1. The summed E-state index contributed by atoms with van der Waals surface area (Å²) in [6.45, 7) is 1.64. The molecule has 2 aromatic rings. The number of anilines is 1. The second-order valence-corrected chi connectivity index (χ2v) is 5.98. The van der Waals surface area contributed by atoms with Gasteiger partial charge in [0.25, 0.3) is 0 Å². The Morgan fingerprint density at radius 2 is 1.69 bits per heavy atom. The molecule has 0 spiro atoms. The highest BCUT2D eigenvalue weighted by Gasteiger charge is 2.16. The van der Waals surface area contributed by atoms with Crippen molar-refractivity contribution in [2.45, 2.75) is 13.5 Å². The first-order chi connectivity index (χ1) is 12.4. The fraction of sp³-hybridized carbons (Fsp3) is 0.263. The van der Waals surface area contributed by atoms with E-state index in [9.17, 15) is 9.59 Å². The number of nitrogens with one attached hydrogen (secondary N) is 1. The predicted octanol–water partition coefficient (Wildman–Crippen LogP) is 3.03. The minimum atomic E-state index is -0.273. The van der Waals surface area contributed by atoms with E-state index in [1.165, 1.54) is 11.8 Å². The number of rotatable bonds is 7. The summed E-state index contributed by atoms with van der Waals surface area (Å²) >= 11 is 5.86. The molecule has 0 aliphatic heterocycles. The van der Waals surface area contributed by atoms with Crippen molar-refractivity contribution in [1.82, 2.24) is 5.32 Å². The van der Waals surface area contributed by atoms with E-state index in [-0.39, 0.29) is 18.4 Å². The van der Waals surface area contributed by atoms with Crippen molar-refractivity contribution >= 4 is 29.1 Å². The molecule has 0 unspecified atom stereocenters. The first kappa shape index (κ1) is 19.6. The van der Waals surface area contributed by atoms with Crippen LogP contribution in [-0.2, 0) is 16.1 Å². The molecule has 2 amide bonds. The average Bonchev–Trinajstić information content (AvgIpc) is 2.64. The Bertz CT molecular complexity index is 778. The number of carbonyl (C=O) groups is 2. The highest BCUT2D eigenvalue weighted by molar-refractivity contribution is 6.30. The summed E-state index contributed by atoms with van der Waals surface area (Å²) in [4.78, 5) is 25.5. The third-order valence-corrected chi connectivity index (χ3v) is 4.01. The van der Waals surface area contributed by atoms with Gasteiger partial charge in [-0.05, 0) is 42.0 Å². The van der Waals surface area contributed by atoms with Gasteiger partial charge in [-0.1, -0.05) is 17.7 Å². The van der Waals surface area contributed by atoms with Crippen LogP contribution in [0.2, 0.25) is 5.02 Å². The summed E-state index contributed by atoms with van der Waals surface area (Å²) in [5.74, 6) is 0.706. The summed E-state index contributed by atoms with van der Waals surface area (Å²) in [6.07, 6.45) is 0. The van der Waals surface area contributed by atoms with Gasteiger partial charge in [-0.3, -0.25) is 9.59 Å². The predicted molar refractivity (Wildman–Crippen MR) is 101 cm³/mol. The number of ether oxygens (including phenoxy) is 2. The number of halogens is 1. The molecule has 0 saturated carbocycles. The molecule has 2 rings (SSSR count). The molecule has 0 heterocycles. The molecule has 0 radical (unpaired) electrons. The molecular formula is C19H21ClN2O4. The standard InChI is InChI=1S/C19H21ClN2O4/c1-13(23)22(16-7-5-15(20)6-8-16)12-19(24)21-11-14-4-9-17(25-2)18(10-14)26-3/h4-10H,11-12H2,1-3H3,(H,21,24). The third kappa shape index (κ3) is 5.13. The maximum atomic E-state index is 12.3.